The third-order valence-corrected chi connectivity index (χ3v) is 3.75. The Balaban J connectivity index is 1.96. The molecule has 19 heavy (non-hydrogen) atoms. The van der Waals surface area contributed by atoms with Crippen LogP contribution in [-0.2, 0) is 17.8 Å². The maximum atomic E-state index is 12.1. The SMILES string of the molecule is Cc1cccc(CC(=O)N(C)Cc2csc(C)n2)c1. The number of amides is 1. The minimum absolute atomic E-state index is 0.122. The summed E-state index contributed by atoms with van der Waals surface area (Å²) in [7, 11) is 1.83. The Hall–Kier alpha value is -1.68. The van der Waals surface area contributed by atoms with Crippen molar-refractivity contribution in [3.05, 3.63) is 51.5 Å². The normalized spacial score (nSPS) is 10.5. The van der Waals surface area contributed by atoms with Crippen LogP contribution in [0.5, 0.6) is 0 Å². The van der Waals surface area contributed by atoms with Crippen LogP contribution in [0.25, 0.3) is 0 Å². The molecule has 2 rings (SSSR count). The fourth-order valence-corrected chi connectivity index (χ4v) is 2.55. The van der Waals surface area contributed by atoms with Gasteiger partial charge in [0.05, 0.1) is 23.7 Å². The second kappa shape index (κ2) is 5.97. The molecular formula is C15H18N2OS. The van der Waals surface area contributed by atoms with E-state index in [1.807, 2.05) is 44.5 Å². The summed E-state index contributed by atoms with van der Waals surface area (Å²) in [6.07, 6.45) is 0.446. The molecule has 1 heterocycles. The Morgan fingerprint density at radius 1 is 1.37 bits per heavy atom. The van der Waals surface area contributed by atoms with Crippen LogP contribution < -0.4 is 0 Å². The largest absolute Gasteiger partial charge is 0.340 e. The summed E-state index contributed by atoms with van der Waals surface area (Å²) in [6, 6.07) is 8.07. The van der Waals surface area contributed by atoms with Crippen LogP contribution in [0.3, 0.4) is 0 Å². The Kier molecular flexibility index (Phi) is 4.32. The summed E-state index contributed by atoms with van der Waals surface area (Å²) in [5.41, 5.74) is 3.21. The van der Waals surface area contributed by atoms with Crippen molar-refractivity contribution in [2.24, 2.45) is 0 Å². The lowest BCUT2D eigenvalue weighted by Gasteiger charge is -2.16. The number of aryl methyl sites for hydroxylation is 2. The van der Waals surface area contributed by atoms with Crippen LogP contribution in [0.4, 0.5) is 0 Å². The molecule has 0 N–H and O–H groups in total. The number of likely N-dealkylation sites (N-methyl/N-ethyl adjacent to an activating group) is 1. The van der Waals surface area contributed by atoms with Gasteiger partial charge in [-0.25, -0.2) is 4.98 Å². The summed E-state index contributed by atoms with van der Waals surface area (Å²) in [5.74, 6) is 0.122. The van der Waals surface area contributed by atoms with E-state index in [2.05, 4.69) is 11.1 Å². The highest BCUT2D eigenvalue weighted by Gasteiger charge is 2.11. The highest BCUT2D eigenvalue weighted by molar-refractivity contribution is 7.09. The first-order valence-electron chi connectivity index (χ1n) is 6.25. The molecule has 3 nitrogen and oxygen atoms in total. The van der Waals surface area contributed by atoms with Gasteiger partial charge in [-0.05, 0) is 19.4 Å². The van der Waals surface area contributed by atoms with Crippen LogP contribution in [0.15, 0.2) is 29.6 Å². The first kappa shape index (κ1) is 13.7. The van der Waals surface area contributed by atoms with Gasteiger partial charge >= 0.3 is 0 Å². The second-order valence-electron chi connectivity index (χ2n) is 4.77. The maximum absolute atomic E-state index is 12.1. The van der Waals surface area contributed by atoms with E-state index in [0.29, 0.717) is 13.0 Å². The number of nitrogens with zero attached hydrogens (tertiary/aromatic N) is 2. The first-order valence-corrected chi connectivity index (χ1v) is 7.13. The van der Waals surface area contributed by atoms with Crippen LogP contribution in [0.2, 0.25) is 0 Å². The number of hydrogen-bond acceptors (Lipinski definition) is 3. The lowest BCUT2D eigenvalue weighted by molar-refractivity contribution is -0.129. The Morgan fingerprint density at radius 3 is 2.79 bits per heavy atom. The fraction of sp³-hybridized carbons (Fsp3) is 0.333. The average molecular weight is 274 g/mol. The van der Waals surface area contributed by atoms with Gasteiger partial charge < -0.3 is 4.90 Å². The van der Waals surface area contributed by atoms with Crippen molar-refractivity contribution in [2.75, 3.05) is 7.05 Å². The molecule has 0 radical (unpaired) electrons. The van der Waals surface area contributed by atoms with Gasteiger partial charge in [0.15, 0.2) is 0 Å². The number of rotatable bonds is 4. The Labute approximate surface area is 117 Å². The molecule has 0 unspecified atom stereocenters. The average Bonchev–Trinajstić information content (AvgIpc) is 2.74. The number of carbonyl (C=O) groups is 1. The number of benzene rings is 1. The second-order valence-corrected chi connectivity index (χ2v) is 5.84. The molecule has 1 aromatic heterocycles. The zero-order valence-electron chi connectivity index (χ0n) is 11.5. The molecular weight excluding hydrogens is 256 g/mol. The standard InChI is InChI=1S/C15H18N2OS/c1-11-5-4-6-13(7-11)8-15(18)17(3)9-14-10-19-12(2)16-14/h4-7,10H,8-9H2,1-3H3. The van der Waals surface area contributed by atoms with E-state index in [4.69, 9.17) is 0 Å². The van der Waals surface area contributed by atoms with Crippen molar-refractivity contribution in [1.82, 2.24) is 9.88 Å². The fourth-order valence-electron chi connectivity index (χ4n) is 1.94. The molecule has 0 bridgehead atoms. The third kappa shape index (κ3) is 3.89. The summed E-state index contributed by atoms with van der Waals surface area (Å²) in [5, 5.41) is 3.04. The van der Waals surface area contributed by atoms with Crippen LogP contribution in [0.1, 0.15) is 21.8 Å². The van der Waals surface area contributed by atoms with Crippen LogP contribution in [0, 0.1) is 13.8 Å². The maximum Gasteiger partial charge on any atom is 0.227 e. The molecule has 0 aliphatic rings. The van der Waals surface area contributed by atoms with Crippen molar-refractivity contribution >= 4 is 17.2 Å². The van der Waals surface area contributed by atoms with E-state index in [1.165, 1.54) is 5.56 Å². The number of thiazole rings is 1. The zero-order valence-corrected chi connectivity index (χ0v) is 12.3. The van der Waals surface area contributed by atoms with E-state index in [-0.39, 0.29) is 5.91 Å². The molecule has 1 amide bonds. The molecule has 0 atom stereocenters. The van der Waals surface area contributed by atoms with E-state index < -0.39 is 0 Å². The predicted molar refractivity (Wildman–Crippen MR) is 78.2 cm³/mol. The summed E-state index contributed by atoms with van der Waals surface area (Å²) >= 11 is 1.61. The minimum atomic E-state index is 0.122. The van der Waals surface area contributed by atoms with Gasteiger partial charge in [-0.15, -0.1) is 11.3 Å². The Morgan fingerprint density at radius 2 is 2.16 bits per heavy atom. The molecule has 4 heteroatoms. The van der Waals surface area contributed by atoms with Crippen molar-refractivity contribution in [3.8, 4) is 0 Å². The van der Waals surface area contributed by atoms with Crippen LogP contribution in [-0.4, -0.2) is 22.8 Å². The van der Waals surface area contributed by atoms with Gasteiger partial charge in [0.25, 0.3) is 0 Å². The van der Waals surface area contributed by atoms with Gasteiger partial charge in [-0.3, -0.25) is 4.79 Å². The van der Waals surface area contributed by atoms with Crippen LogP contribution >= 0.6 is 11.3 Å². The van der Waals surface area contributed by atoms with E-state index in [0.717, 1.165) is 16.3 Å². The highest BCUT2D eigenvalue weighted by Crippen LogP contribution is 2.11. The van der Waals surface area contributed by atoms with Gasteiger partial charge in [0.1, 0.15) is 0 Å². The molecule has 0 saturated carbocycles. The highest BCUT2D eigenvalue weighted by atomic mass is 32.1. The monoisotopic (exact) mass is 274 g/mol. The smallest absolute Gasteiger partial charge is 0.227 e. The Bertz CT molecular complexity index is 577. The lowest BCUT2D eigenvalue weighted by atomic mass is 10.1. The molecule has 0 saturated heterocycles. The number of carbonyl (C=O) groups excluding carboxylic acids is 1. The van der Waals surface area contributed by atoms with Gasteiger partial charge in [0, 0.05) is 12.4 Å². The summed E-state index contributed by atoms with van der Waals surface area (Å²) in [6.45, 7) is 4.59. The zero-order chi connectivity index (χ0) is 13.8. The topological polar surface area (TPSA) is 33.2 Å². The third-order valence-electron chi connectivity index (χ3n) is 2.93. The summed E-state index contributed by atoms with van der Waals surface area (Å²) < 4.78 is 0. The molecule has 100 valence electrons. The van der Waals surface area contributed by atoms with Crippen molar-refractivity contribution < 1.29 is 4.79 Å². The lowest BCUT2D eigenvalue weighted by Crippen LogP contribution is -2.27. The predicted octanol–water partition coefficient (Wildman–Crippen LogP) is 2.96. The molecule has 0 fully saturated rings. The van der Waals surface area contributed by atoms with Gasteiger partial charge in [-0.2, -0.15) is 0 Å². The van der Waals surface area contributed by atoms with E-state index in [9.17, 15) is 4.79 Å². The quantitative estimate of drug-likeness (QED) is 0.859. The molecule has 1 aromatic carbocycles. The minimum Gasteiger partial charge on any atom is -0.340 e. The molecule has 0 aliphatic carbocycles. The van der Waals surface area contributed by atoms with Crippen molar-refractivity contribution in [3.63, 3.8) is 0 Å². The number of hydrogen-bond donors (Lipinski definition) is 0. The van der Waals surface area contributed by atoms with Gasteiger partial charge in [0.2, 0.25) is 5.91 Å². The molecule has 0 aliphatic heterocycles. The summed E-state index contributed by atoms with van der Waals surface area (Å²) in [4.78, 5) is 18.2. The van der Waals surface area contributed by atoms with E-state index >= 15 is 0 Å². The van der Waals surface area contributed by atoms with E-state index in [1.54, 1.807) is 16.2 Å². The number of aromatic nitrogens is 1. The van der Waals surface area contributed by atoms with Crippen molar-refractivity contribution in [1.29, 1.82) is 0 Å². The molecule has 0 spiro atoms. The first-order chi connectivity index (χ1) is 9.04. The van der Waals surface area contributed by atoms with Crippen molar-refractivity contribution in [2.45, 2.75) is 26.8 Å². The van der Waals surface area contributed by atoms with Gasteiger partial charge in [-0.1, -0.05) is 29.8 Å². The molecule has 2 aromatic rings.